The summed E-state index contributed by atoms with van der Waals surface area (Å²) >= 11 is 6.04. The molecule has 43 heavy (non-hydrogen) atoms. The molecular weight excluding hydrogens is 621 g/mol. The molecule has 5 rings (SSSR count). The van der Waals surface area contributed by atoms with Crippen molar-refractivity contribution in [3.05, 3.63) is 78.3 Å². The minimum Gasteiger partial charge on any atom is -0.440 e. The molecular formula is C28H19ClF5N3O5S. The lowest BCUT2D eigenvalue weighted by atomic mass is 9.98. The number of hydrogen-bond donors (Lipinski definition) is 1. The molecule has 0 saturated heterocycles. The summed E-state index contributed by atoms with van der Waals surface area (Å²) in [5.74, 6) is -0.230. The van der Waals surface area contributed by atoms with Crippen molar-refractivity contribution < 1.29 is 44.3 Å². The molecule has 1 aliphatic rings. The number of halogens is 6. The number of hydrogen-bond acceptors (Lipinski definition) is 8. The predicted molar refractivity (Wildman–Crippen MR) is 148 cm³/mol. The third-order valence-electron chi connectivity index (χ3n) is 6.07. The Hall–Kier alpha value is -4.43. The second kappa shape index (κ2) is 10.7. The minimum absolute atomic E-state index is 0.0427. The number of ether oxygens (including phenoxy) is 2. The first-order valence-corrected chi connectivity index (χ1v) is 14.4. The molecule has 2 N–H and O–H groups in total. The average Bonchev–Trinajstić information content (AvgIpc) is 3.45. The van der Waals surface area contributed by atoms with Crippen LogP contribution in [0.25, 0.3) is 33.7 Å². The number of benzene rings is 3. The molecule has 0 radical (unpaired) electrons. The van der Waals surface area contributed by atoms with Gasteiger partial charge in [-0.25, -0.2) is 18.4 Å². The maximum Gasteiger partial charge on any atom is 0.586 e. The van der Waals surface area contributed by atoms with E-state index in [0.29, 0.717) is 17.2 Å². The first-order valence-electron chi connectivity index (χ1n) is 12.1. The molecule has 0 unspecified atom stereocenters. The number of fused-ring (bicyclic) bond motifs is 1. The highest BCUT2D eigenvalue weighted by Gasteiger charge is 2.43. The molecule has 3 aromatic carbocycles. The number of alkyl halides is 5. The fraction of sp³-hybridized carbons (Fsp3) is 0.143. The van der Waals surface area contributed by atoms with E-state index in [-0.39, 0.29) is 50.6 Å². The van der Waals surface area contributed by atoms with Gasteiger partial charge < -0.3 is 19.6 Å². The Labute approximate surface area is 246 Å². The lowest BCUT2D eigenvalue weighted by Gasteiger charge is -2.11. The van der Waals surface area contributed by atoms with Crippen molar-refractivity contribution in [3.8, 4) is 45.2 Å². The molecule has 224 valence electrons. The summed E-state index contributed by atoms with van der Waals surface area (Å²) in [4.78, 5) is 8.58. The lowest BCUT2D eigenvalue weighted by Crippen LogP contribution is -2.25. The zero-order chi connectivity index (χ0) is 31.3. The van der Waals surface area contributed by atoms with Crippen LogP contribution in [0.3, 0.4) is 0 Å². The first-order chi connectivity index (χ1) is 20.0. The zero-order valence-electron chi connectivity index (χ0n) is 22.0. The second-order valence-corrected chi connectivity index (χ2v) is 11.7. The van der Waals surface area contributed by atoms with Crippen molar-refractivity contribution in [3.63, 3.8) is 0 Å². The van der Waals surface area contributed by atoms with Crippen LogP contribution < -0.4 is 15.2 Å². The van der Waals surface area contributed by atoms with Gasteiger partial charge in [0.25, 0.3) is 0 Å². The van der Waals surface area contributed by atoms with Crippen LogP contribution in [0, 0.1) is 6.92 Å². The van der Waals surface area contributed by atoms with E-state index >= 15 is 0 Å². The summed E-state index contributed by atoms with van der Waals surface area (Å²) in [6.07, 6.45) is -7.20. The topological polar surface area (TPSA) is 117 Å². The van der Waals surface area contributed by atoms with E-state index < -0.39 is 33.2 Å². The number of sulfone groups is 1. The highest BCUT2D eigenvalue weighted by molar-refractivity contribution is 7.90. The largest absolute Gasteiger partial charge is 0.586 e. The molecule has 8 nitrogen and oxygen atoms in total. The maximum absolute atomic E-state index is 13.6. The molecule has 4 aromatic rings. The molecule has 0 atom stereocenters. The van der Waals surface area contributed by atoms with Gasteiger partial charge in [0.15, 0.2) is 33.0 Å². The maximum atomic E-state index is 13.6. The smallest absolute Gasteiger partial charge is 0.440 e. The van der Waals surface area contributed by atoms with Gasteiger partial charge in [-0.1, -0.05) is 29.8 Å². The van der Waals surface area contributed by atoms with Crippen LogP contribution in [-0.4, -0.2) is 37.3 Å². The Morgan fingerprint density at radius 2 is 1.67 bits per heavy atom. The Kier molecular flexibility index (Phi) is 7.47. The molecule has 0 bridgehead atoms. The molecule has 15 heteroatoms. The second-order valence-electron chi connectivity index (χ2n) is 9.30. The van der Waals surface area contributed by atoms with Crippen LogP contribution in [-0.2, 0) is 9.84 Å². The van der Waals surface area contributed by atoms with E-state index in [1.54, 1.807) is 24.3 Å². The molecule has 0 saturated carbocycles. The Morgan fingerprint density at radius 1 is 1.00 bits per heavy atom. The Balaban J connectivity index is 1.70. The zero-order valence-corrected chi connectivity index (χ0v) is 23.6. The van der Waals surface area contributed by atoms with E-state index in [9.17, 15) is 30.4 Å². The fourth-order valence-electron chi connectivity index (χ4n) is 4.16. The molecule has 0 aliphatic carbocycles. The highest BCUT2D eigenvalue weighted by atomic mass is 35.5. The van der Waals surface area contributed by atoms with Crippen LogP contribution >= 0.6 is 11.6 Å². The third-order valence-corrected chi connectivity index (χ3v) is 7.38. The molecule has 1 aromatic heterocycles. The summed E-state index contributed by atoms with van der Waals surface area (Å²) in [5.41, 5.74) is 5.20. The van der Waals surface area contributed by atoms with Crippen molar-refractivity contribution in [2.75, 3.05) is 6.26 Å². The van der Waals surface area contributed by atoms with Crippen LogP contribution in [0.4, 0.5) is 27.6 Å². The molecule has 0 fully saturated rings. The normalized spacial score (nSPS) is 15.2. The van der Waals surface area contributed by atoms with Gasteiger partial charge in [0.2, 0.25) is 0 Å². The van der Waals surface area contributed by atoms with Crippen molar-refractivity contribution >= 4 is 32.3 Å². The van der Waals surface area contributed by atoms with Crippen LogP contribution in [0.2, 0.25) is 0 Å². The van der Waals surface area contributed by atoms with E-state index in [2.05, 4.69) is 19.5 Å². The number of aryl methyl sites for hydroxylation is 1. The third kappa shape index (κ3) is 6.49. The molecule has 0 spiro atoms. The Morgan fingerprint density at radius 3 is 2.37 bits per heavy atom. The number of aliphatic imine (C=N–C) groups is 1. The van der Waals surface area contributed by atoms with Crippen LogP contribution in [0.5, 0.6) is 11.5 Å². The van der Waals surface area contributed by atoms with Crippen molar-refractivity contribution in [1.29, 1.82) is 0 Å². The van der Waals surface area contributed by atoms with E-state index in [4.69, 9.17) is 21.8 Å². The summed E-state index contributed by atoms with van der Waals surface area (Å²) < 4.78 is 105. The Bertz CT molecular complexity index is 1920. The minimum atomic E-state index is -4.85. The number of aromatic nitrogens is 1. The van der Waals surface area contributed by atoms with Gasteiger partial charge in [-0.2, -0.15) is 13.2 Å². The van der Waals surface area contributed by atoms with E-state index in [1.807, 2.05) is 0 Å². The summed E-state index contributed by atoms with van der Waals surface area (Å²) in [5, 5.41) is -0.602. The SMILES string of the molecule is Cc1nc(-c2cc(-c3cccc(S(C)(=O)=O)c3)ccc2N=C(Cl)C=C(N)C(F)(F)F)c(-c2ccc3c(c2)OC(F)(F)O3)o1. The van der Waals surface area contributed by atoms with Gasteiger partial charge in [-0.3, -0.25) is 0 Å². The van der Waals surface area contributed by atoms with E-state index in [0.717, 1.165) is 6.26 Å². The number of nitrogens with two attached hydrogens (primary N) is 1. The summed E-state index contributed by atoms with van der Waals surface area (Å²) in [6.45, 7) is 1.52. The van der Waals surface area contributed by atoms with Gasteiger partial charge in [-0.15, -0.1) is 8.78 Å². The van der Waals surface area contributed by atoms with Gasteiger partial charge in [-0.05, 0) is 53.6 Å². The monoisotopic (exact) mass is 639 g/mol. The van der Waals surface area contributed by atoms with Gasteiger partial charge in [0, 0.05) is 30.4 Å². The first kappa shape index (κ1) is 30.0. The highest BCUT2D eigenvalue weighted by Crippen LogP contribution is 2.46. The van der Waals surface area contributed by atoms with Gasteiger partial charge in [0.1, 0.15) is 16.6 Å². The number of allylic oxidation sites excluding steroid dienone is 2. The van der Waals surface area contributed by atoms with Crippen molar-refractivity contribution in [1.82, 2.24) is 4.98 Å². The fourth-order valence-corrected chi connectivity index (χ4v) is 5.04. The molecule has 1 aliphatic heterocycles. The molecule has 2 heterocycles. The number of nitrogens with zero attached hydrogens (tertiary/aromatic N) is 2. The standard InChI is InChI=1S/C28H19ClF5N3O5S/c1-14-36-25(26(40-14)17-7-9-21-22(12-17)42-28(33,34)41-21)19-11-16(15-4-3-5-18(10-15)43(2,38)39)6-8-20(19)37-24(29)13-23(35)27(30,31)32/h3-13H,35H2,1-2H3. The molecule has 0 amide bonds. The summed E-state index contributed by atoms with van der Waals surface area (Å²) in [7, 11) is -3.55. The van der Waals surface area contributed by atoms with Crippen LogP contribution in [0.15, 0.2) is 86.7 Å². The number of rotatable bonds is 6. The predicted octanol–water partition coefficient (Wildman–Crippen LogP) is 7.38. The van der Waals surface area contributed by atoms with E-state index in [1.165, 1.54) is 43.3 Å². The number of oxazole rings is 1. The van der Waals surface area contributed by atoms with Crippen molar-refractivity contribution in [2.24, 2.45) is 10.7 Å². The van der Waals surface area contributed by atoms with Gasteiger partial charge >= 0.3 is 12.5 Å². The lowest BCUT2D eigenvalue weighted by molar-refractivity contribution is -0.286. The van der Waals surface area contributed by atoms with Crippen LogP contribution in [0.1, 0.15) is 5.89 Å². The average molecular weight is 640 g/mol. The summed E-state index contributed by atoms with van der Waals surface area (Å²) in [6, 6.07) is 14.6. The quantitative estimate of drug-likeness (QED) is 0.173. The van der Waals surface area contributed by atoms with Gasteiger partial charge in [0.05, 0.1) is 10.6 Å². The van der Waals surface area contributed by atoms with Crippen molar-refractivity contribution in [2.45, 2.75) is 24.3 Å².